The summed E-state index contributed by atoms with van der Waals surface area (Å²) in [6.07, 6.45) is 5.57. The van der Waals surface area contributed by atoms with Gasteiger partial charge in [0.15, 0.2) is 0 Å². The third-order valence-corrected chi connectivity index (χ3v) is 3.20. The number of hydrogen-bond acceptors (Lipinski definition) is 4. The summed E-state index contributed by atoms with van der Waals surface area (Å²) in [4.78, 5) is 22.6. The van der Waals surface area contributed by atoms with Gasteiger partial charge in [0.25, 0.3) is 0 Å². The summed E-state index contributed by atoms with van der Waals surface area (Å²) in [7, 11) is 0. The van der Waals surface area contributed by atoms with Gasteiger partial charge in [-0.15, -0.1) is 0 Å². The maximum absolute atomic E-state index is 12.4. The van der Waals surface area contributed by atoms with Crippen molar-refractivity contribution in [3.63, 3.8) is 0 Å². The molecular formula is C13H20N4O. The molecule has 1 amide bonds. The van der Waals surface area contributed by atoms with Crippen LogP contribution in [0.25, 0.3) is 0 Å². The molecule has 1 aromatic rings. The van der Waals surface area contributed by atoms with E-state index in [2.05, 4.69) is 15.3 Å². The lowest BCUT2D eigenvalue weighted by atomic mass is 10.0. The van der Waals surface area contributed by atoms with Crippen LogP contribution < -0.4 is 5.32 Å². The maximum atomic E-state index is 12.4. The number of carbonyl (C=O) groups is 1. The number of aromatic nitrogens is 2. The first kappa shape index (κ1) is 12.8. The first-order valence-corrected chi connectivity index (χ1v) is 6.51. The standard InChI is InChI=1S/C13H20N4O/c1-10(2)11(12(18)17-8-3-4-9-17)16-13-14-6-5-7-15-13/h5-7,10-11H,3-4,8-9H2,1-2H3,(H,14,15,16)/t11-/m1/s1. The van der Waals surface area contributed by atoms with Gasteiger partial charge in [-0.05, 0) is 24.8 Å². The van der Waals surface area contributed by atoms with E-state index in [4.69, 9.17) is 0 Å². The quantitative estimate of drug-likeness (QED) is 0.878. The average Bonchev–Trinajstić information content (AvgIpc) is 2.90. The first-order valence-electron chi connectivity index (χ1n) is 6.51. The second-order valence-electron chi connectivity index (χ2n) is 4.97. The van der Waals surface area contributed by atoms with Gasteiger partial charge < -0.3 is 10.2 Å². The topological polar surface area (TPSA) is 58.1 Å². The zero-order valence-electron chi connectivity index (χ0n) is 11.0. The summed E-state index contributed by atoms with van der Waals surface area (Å²) in [5.41, 5.74) is 0. The zero-order valence-corrected chi connectivity index (χ0v) is 11.0. The van der Waals surface area contributed by atoms with E-state index in [1.165, 1.54) is 0 Å². The Morgan fingerprint density at radius 3 is 2.44 bits per heavy atom. The van der Waals surface area contributed by atoms with Crippen molar-refractivity contribution in [2.75, 3.05) is 18.4 Å². The van der Waals surface area contributed by atoms with Crippen molar-refractivity contribution in [1.82, 2.24) is 14.9 Å². The molecule has 2 heterocycles. The minimum absolute atomic E-state index is 0.162. The van der Waals surface area contributed by atoms with Crippen LogP contribution in [-0.4, -0.2) is 39.9 Å². The Kier molecular flexibility index (Phi) is 4.12. The van der Waals surface area contributed by atoms with Gasteiger partial charge in [-0.3, -0.25) is 4.79 Å². The SMILES string of the molecule is CC(C)[C@@H](Nc1ncccn1)C(=O)N1CCCC1. The second kappa shape index (κ2) is 5.80. The Labute approximate surface area is 108 Å². The smallest absolute Gasteiger partial charge is 0.245 e. The monoisotopic (exact) mass is 248 g/mol. The fourth-order valence-electron chi connectivity index (χ4n) is 2.16. The molecule has 5 heteroatoms. The third kappa shape index (κ3) is 2.97. The van der Waals surface area contributed by atoms with Crippen LogP contribution in [0, 0.1) is 5.92 Å². The van der Waals surface area contributed by atoms with E-state index >= 15 is 0 Å². The molecule has 1 aliphatic rings. The summed E-state index contributed by atoms with van der Waals surface area (Å²) in [6, 6.07) is 1.52. The lowest BCUT2D eigenvalue weighted by Gasteiger charge is -2.26. The molecule has 1 fully saturated rings. The molecule has 0 spiro atoms. The van der Waals surface area contributed by atoms with Crippen molar-refractivity contribution in [2.45, 2.75) is 32.7 Å². The molecule has 1 N–H and O–H groups in total. The average molecular weight is 248 g/mol. The Morgan fingerprint density at radius 2 is 1.89 bits per heavy atom. The largest absolute Gasteiger partial charge is 0.342 e. The fraction of sp³-hybridized carbons (Fsp3) is 0.615. The second-order valence-corrected chi connectivity index (χ2v) is 4.97. The summed E-state index contributed by atoms with van der Waals surface area (Å²) in [6.45, 7) is 5.82. The van der Waals surface area contributed by atoms with Crippen LogP contribution in [0.3, 0.4) is 0 Å². The van der Waals surface area contributed by atoms with Gasteiger partial charge in [0.2, 0.25) is 11.9 Å². The van der Waals surface area contributed by atoms with E-state index in [9.17, 15) is 4.79 Å². The van der Waals surface area contributed by atoms with Crippen LogP contribution >= 0.6 is 0 Å². The highest BCUT2D eigenvalue weighted by atomic mass is 16.2. The Morgan fingerprint density at radius 1 is 1.28 bits per heavy atom. The summed E-state index contributed by atoms with van der Waals surface area (Å²) in [5.74, 6) is 0.889. The molecule has 0 saturated carbocycles. The molecule has 0 aromatic carbocycles. The highest BCUT2D eigenvalue weighted by Gasteiger charge is 2.29. The summed E-state index contributed by atoms with van der Waals surface area (Å²) < 4.78 is 0. The van der Waals surface area contributed by atoms with Crippen LogP contribution in [0.1, 0.15) is 26.7 Å². The van der Waals surface area contributed by atoms with E-state index in [0.717, 1.165) is 25.9 Å². The van der Waals surface area contributed by atoms with Crippen LogP contribution in [0.5, 0.6) is 0 Å². The molecule has 5 nitrogen and oxygen atoms in total. The number of anilines is 1. The number of carbonyl (C=O) groups excluding carboxylic acids is 1. The number of hydrogen-bond donors (Lipinski definition) is 1. The molecule has 0 bridgehead atoms. The maximum Gasteiger partial charge on any atom is 0.245 e. The van der Waals surface area contributed by atoms with Crippen molar-refractivity contribution in [3.8, 4) is 0 Å². The Bertz CT molecular complexity index is 387. The molecule has 2 rings (SSSR count). The molecule has 0 unspecified atom stereocenters. The lowest BCUT2D eigenvalue weighted by Crippen LogP contribution is -2.44. The van der Waals surface area contributed by atoms with Crippen LogP contribution in [0.15, 0.2) is 18.5 Å². The minimum atomic E-state index is -0.245. The van der Waals surface area contributed by atoms with E-state index in [0.29, 0.717) is 5.95 Å². The van der Waals surface area contributed by atoms with Gasteiger partial charge in [0.05, 0.1) is 0 Å². The van der Waals surface area contributed by atoms with Crippen molar-refractivity contribution in [3.05, 3.63) is 18.5 Å². The number of nitrogens with zero attached hydrogens (tertiary/aromatic N) is 3. The van der Waals surface area contributed by atoms with Crippen LogP contribution in [0.4, 0.5) is 5.95 Å². The van der Waals surface area contributed by atoms with Gasteiger partial charge in [-0.1, -0.05) is 13.8 Å². The van der Waals surface area contributed by atoms with Gasteiger partial charge in [0, 0.05) is 25.5 Å². The van der Waals surface area contributed by atoms with E-state index < -0.39 is 0 Å². The molecule has 1 atom stereocenters. The lowest BCUT2D eigenvalue weighted by molar-refractivity contribution is -0.131. The predicted octanol–water partition coefficient (Wildman–Crippen LogP) is 1.54. The Balaban J connectivity index is 2.06. The molecule has 0 aliphatic carbocycles. The van der Waals surface area contributed by atoms with Gasteiger partial charge >= 0.3 is 0 Å². The Hall–Kier alpha value is -1.65. The van der Waals surface area contributed by atoms with Crippen LogP contribution in [-0.2, 0) is 4.79 Å². The third-order valence-electron chi connectivity index (χ3n) is 3.20. The van der Waals surface area contributed by atoms with Gasteiger partial charge in [-0.2, -0.15) is 0 Å². The van der Waals surface area contributed by atoms with Gasteiger partial charge in [0.1, 0.15) is 6.04 Å². The first-order chi connectivity index (χ1) is 8.68. The van der Waals surface area contributed by atoms with Crippen molar-refractivity contribution in [2.24, 2.45) is 5.92 Å². The molecule has 1 aromatic heterocycles. The predicted molar refractivity (Wildman–Crippen MR) is 70.1 cm³/mol. The van der Waals surface area contributed by atoms with Gasteiger partial charge in [-0.25, -0.2) is 9.97 Å². The normalized spacial score (nSPS) is 16.9. The number of likely N-dealkylation sites (tertiary alicyclic amines) is 1. The van der Waals surface area contributed by atoms with E-state index in [1.54, 1.807) is 18.5 Å². The highest BCUT2D eigenvalue weighted by molar-refractivity contribution is 5.84. The molecule has 98 valence electrons. The summed E-state index contributed by atoms with van der Waals surface area (Å²) in [5, 5.41) is 3.14. The van der Waals surface area contributed by atoms with Crippen molar-refractivity contribution in [1.29, 1.82) is 0 Å². The fourth-order valence-corrected chi connectivity index (χ4v) is 2.16. The minimum Gasteiger partial charge on any atom is -0.342 e. The van der Waals surface area contributed by atoms with Crippen LogP contribution in [0.2, 0.25) is 0 Å². The van der Waals surface area contributed by atoms with Crippen molar-refractivity contribution < 1.29 is 4.79 Å². The van der Waals surface area contributed by atoms with E-state index in [-0.39, 0.29) is 17.9 Å². The molecule has 18 heavy (non-hydrogen) atoms. The number of nitrogens with one attached hydrogen (secondary N) is 1. The molecule has 0 radical (unpaired) electrons. The van der Waals surface area contributed by atoms with E-state index in [1.807, 2.05) is 18.7 Å². The van der Waals surface area contributed by atoms with Crippen molar-refractivity contribution >= 4 is 11.9 Å². The molecular weight excluding hydrogens is 228 g/mol. The summed E-state index contributed by atoms with van der Waals surface area (Å²) >= 11 is 0. The number of amides is 1. The molecule has 1 saturated heterocycles. The molecule has 1 aliphatic heterocycles. The highest BCUT2D eigenvalue weighted by Crippen LogP contribution is 2.15. The zero-order chi connectivity index (χ0) is 13.0. The number of rotatable bonds is 4.